The highest BCUT2D eigenvalue weighted by molar-refractivity contribution is 9.10. The molecule has 4 heteroatoms. The molecule has 1 aliphatic rings. The first-order valence-electron chi connectivity index (χ1n) is 6.69. The Morgan fingerprint density at radius 2 is 2.10 bits per heavy atom. The van der Waals surface area contributed by atoms with Crippen LogP contribution in [-0.2, 0) is 6.42 Å². The Kier molecular flexibility index (Phi) is 3.76. The van der Waals surface area contributed by atoms with Crippen LogP contribution in [0.5, 0.6) is 0 Å². The van der Waals surface area contributed by atoms with Crippen LogP contribution in [-0.4, -0.2) is 13.1 Å². The molecular weight excluding hydrogens is 319 g/mol. The van der Waals surface area contributed by atoms with E-state index in [-0.39, 0.29) is 11.9 Å². The summed E-state index contributed by atoms with van der Waals surface area (Å²) >= 11 is 3.49. The molecule has 1 heterocycles. The van der Waals surface area contributed by atoms with E-state index in [1.165, 1.54) is 11.6 Å². The summed E-state index contributed by atoms with van der Waals surface area (Å²) in [6.45, 7) is 1.39. The first-order chi connectivity index (χ1) is 9.69. The summed E-state index contributed by atoms with van der Waals surface area (Å²) in [5, 5.41) is 0. The molecule has 0 amide bonds. The first-order valence-corrected chi connectivity index (χ1v) is 7.49. The monoisotopic (exact) mass is 334 g/mol. The van der Waals surface area contributed by atoms with Gasteiger partial charge in [0.2, 0.25) is 0 Å². The molecule has 2 nitrogen and oxygen atoms in total. The summed E-state index contributed by atoms with van der Waals surface area (Å²) in [7, 11) is 0. The second kappa shape index (κ2) is 5.54. The molecule has 0 saturated carbocycles. The summed E-state index contributed by atoms with van der Waals surface area (Å²) in [6.07, 6.45) is 0.945. The van der Waals surface area contributed by atoms with Gasteiger partial charge in [-0.1, -0.05) is 34.1 Å². The van der Waals surface area contributed by atoms with Gasteiger partial charge in [0.15, 0.2) is 0 Å². The van der Waals surface area contributed by atoms with Gasteiger partial charge in [-0.2, -0.15) is 0 Å². The van der Waals surface area contributed by atoms with Gasteiger partial charge in [0.25, 0.3) is 0 Å². The van der Waals surface area contributed by atoms with Gasteiger partial charge >= 0.3 is 0 Å². The molecule has 1 unspecified atom stereocenters. The van der Waals surface area contributed by atoms with Gasteiger partial charge in [-0.05, 0) is 41.8 Å². The van der Waals surface area contributed by atoms with Crippen LogP contribution in [0.1, 0.15) is 17.2 Å². The van der Waals surface area contributed by atoms with Crippen LogP contribution < -0.4 is 10.6 Å². The summed E-state index contributed by atoms with van der Waals surface area (Å²) < 4.78 is 14.5. The predicted octanol–water partition coefficient (Wildman–Crippen LogP) is 3.65. The number of hydrogen-bond donors (Lipinski definition) is 1. The van der Waals surface area contributed by atoms with Crippen LogP contribution in [0.3, 0.4) is 0 Å². The Balaban J connectivity index is 1.98. The highest BCUT2D eigenvalue weighted by Crippen LogP contribution is 2.35. The number of halogens is 2. The maximum atomic E-state index is 13.5. The molecule has 3 rings (SSSR count). The Bertz CT molecular complexity index is 630. The van der Waals surface area contributed by atoms with E-state index >= 15 is 0 Å². The topological polar surface area (TPSA) is 29.3 Å². The van der Waals surface area contributed by atoms with Crippen LogP contribution in [0.25, 0.3) is 0 Å². The molecule has 0 bridgehead atoms. The maximum absolute atomic E-state index is 13.5. The lowest BCUT2D eigenvalue weighted by Crippen LogP contribution is -2.32. The molecule has 0 radical (unpaired) electrons. The quantitative estimate of drug-likeness (QED) is 0.928. The average molecular weight is 335 g/mol. The maximum Gasteiger partial charge on any atom is 0.125 e. The minimum absolute atomic E-state index is 0.0792. The minimum Gasteiger partial charge on any atom is -0.363 e. The molecule has 0 spiro atoms. The van der Waals surface area contributed by atoms with Crippen LogP contribution in [0, 0.1) is 5.82 Å². The second-order valence-electron chi connectivity index (χ2n) is 5.02. The van der Waals surface area contributed by atoms with Crippen LogP contribution in [0.4, 0.5) is 10.1 Å². The summed E-state index contributed by atoms with van der Waals surface area (Å²) in [4.78, 5) is 2.21. The molecule has 2 N–H and O–H groups in total. The van der Waals surface area contributed by atoms with E-state index in [1.54, 1.807) is 6.07 Å². The first kappa shape index (κ1) is 13.6. The van der Waals surface area contributed by atoms with Crippen LogP contribution in [0.2, 0.25) is 0 Å². The zero-order valence-electron chi connectivity index (χ0n) is 11.0. The van der Waals surface area contributed by atoms with E-state index < -0.39 is 0 Å². The normalized spacial score (nSPS) is 15.2. The Hall–Kier alpha value is -1.39. The average Bonchev–Trinajstić information content (AvgIpc) is 2.83. The van der Waals surface area contributed by atoms with E-state index in [0.717, 1.165) is 28.7 Å². The molecule has 0 aliphatic carbocycles. The molecular formula is C16H16BrFN2. The Labute approximate surface area is 126 Å². The van der Waals surface area contributed by atoms with E-state index in [4.69, 9.17) is 5.73 Å². The molecule has 1 aliphatic heterocycles. The van der Waals surface area contributed by atoms with Crippen LogP contribution >= 0.6 is 15.9 Å². The van der Waals surface area contributed by atoms with E-state index in [9.17, 15) is 4.39 Å². The highest BCUT2D eigenvalue weighted by atomic mass is 79.9. The van der Waals surface area contributed by atoms with Crippen molar-refractivity contribution in [3.8, 4) is 0 Å². The number of rotatable bonds is 3. The molecule has 20 heavy (non-hydrogen) atoms. The van der Waals surface area contributed by atoms with Gasteiger partial charge in [0.05, 0.1) is 6.04 Å². The van der Waals surface area contributed by atoms with Crippen molar-refractivity contribution in [3.05, 3.63) is 63.9 Å². The number of nitrogens with zero attached hydrogens (tertiary/aromatic N) is 1. The standard InChI is InChI=1S/C16H16BrFN2/c17-13-3-1-2-12(8-13)16(10-19)20-7-6-11-4-5-14(18)9-15(11)20/h1-5,8-9,16H,6-7,10,19H2. The van der Waals surface area contributed by atoms with E-state index in [1.807, 2.05) is 18.2 Å². The van der Waals surface area contributed by atoms with Crippen molar-refractivity contribution in [1.29, 1.82) is 0 Å². The van der Waals surface area contributed by atoms with Crippen molar-refractivity contribution in [2.24, 2.45) is 5.73 Å². The van der Waals surface area contributed by atoms with Gasteiger partial charge in [0, 0.05) is 23.2 Å². The van der Waals surface area contributed by atoms with Crippen molar-refractivity contribution >= 4 is 21.6 Å². The zero-order chi connectivity index (χ0) is 14.1. The van der Waals surface area contributed by atoms with E-state index in [2.05, 4.69) is 33.0 Å². The molecule has 2 aromatic carbocycles. The van der Waals surface area contributed by atoms with Crippen molar-refractivity contribution in [1.82, 2.24) is 0 Å². The number of hydrogen-bond acceptors (Lipinski definition) is 2. The highest BCUT2D eigenvalue weighted by Gasteiger charge is 2.26. The molecule has 0 aromatic heterocycles. The largest absolute Gasteiger partial charge is 0.363 e. The van der Waals surface area contributed by atoms with Gasteiger partial charge in [0.1, 0.15) is 5.82 Å². The third kappa shape index (κ3) is 2.45. The lowest BCUT2D eigenvalue weighted by Gasteiger charge is -2.30. The fourth-order valence-electron chi connectivity index (χ4n) is 2.86. The minimum atomic E-state index is -0.194. The van der Waals surface area contributed by atoms with Gasteiger partial charge < -0.3 is 10.6 Å². The molecule has 104 valence electrons. The third-order valence-corrected chi connectivity index (χ3v) is 4.31. The molecule has 2 aromatic rings. The lowest BCUT2D eigenvalue weighted by molar-refractivity contribution is 0.621. The number of fused-ring (bicyclic) bond motifs is 1. The predicted molar refractivity (Wildman–Crippen MR) is 83.4 cm³/mol. The van der Waals surface area contributed by atoms with Crippen molar-refractivity contribution in [3.63, 3.8) is 0 Å². The smallest absolute Gasteiger partial charge is 0.125 e. The van der Waals surface area contributed by atoms with E-state index in [0.29, 0.717) is 6.54 Å². The number of benzene rings is 2. The summed E-state index contributed by atoms with van der Waals surface area (Å²) in [5.74, 6) is -0.194. The van der Waals surface area contributed by atoms with Crippen molar-refractivity contribution in [2.75, 3.05) is 18.0 Å². The zero-order valence-corrected chi connectivity index (χ0v) is 12.6. The number of nitrogens with two attached hydrogens (primary N) is 1. The fraction of sp³-hybridized carbons (Fsp3) is 0.250. The Morgan fingerprint density at radius 1 is 1.25 bits per heavy atom. The SMILES string of the molecule is NCC(c1cccc(Br)c1)N1CCc2ccc(F)cc21. The second-order valence-corrected chi connectivity index (χ2v) is 5.94. The van der Waals surface area contributed by atoms with Crippen LogP contribution in [0.15, 0.2) is 46.9 Å². The number of anilines is 1. The Morgan fingerprint density at radius 3 is 2.85 bits per heavy atom. The van der Waals surface area contributed by atoms with Gasteiger partial charge in [-0.15, -0.1) is 0 Å². The van der Waals surface area contributed by atoms with Crippen molar-refractivity contribution in [2.45, 2.75) is 12.5 Å². The van der Waals surface area contributed by atoms with Gasteiger partial charge in [-0.3, -0.25) is 0 Å². The third-order valence-electron chi connectivity index (χ3n) is 3.81. The summed E-state index contributed by atoms with van der Waals surface area (Å²) in [6, 6.07) is 13.2. The van der Waals surface area contributed by atoms with Crippen molar-refractivity contribution < 1.29 is 4.39 Å². The molecule has 0 fully saturated rings. The fourth-order valence-corrected chi connectivity index (χ4v) is 3.27. The molecule has 0 saturated heterocycles. The molecule has 1 atom stereocenters. The summed E-state index contributed by atoms with van der Waals surface area (Å²) in [5.41, 5.74) is 9.30. The van der Waals surface area contributed by atoms with Gasteiger partial charge in [-0.25, -0.2) is 4.39 Å². The lowest BCUT2D eigenvalue weighted by atomic mass is 10.1.